The molecule has 0 spiro atoms. The number of hydrogen-bond donors (Lipinski definition) is 2. The number of aromatic nitrogens is 2. The van der Waals surface area contributed by atoms with Gasteiger partial charge < -0.3 is 5.32 Å². The van der Waals surface area contributed by atoms with Crippen molar-refractivity contribution in [2.45, 2.75) is 26.2 Å². The van der Waals surface area contributed by atoms with E-state index in [4.69, 9.17) is 0 Å². The summed E-state index contributed by atoms with van der Waals surface area (Å²) in [7, 11) is 0. The fourth-order valence-corrected chi connectivity index (χ4v) is 1.71. The SMILES string of the molecule is CCC(C)c1ccc(NC(=O)c2ccn[nH]2)cc1. The smallest absolute Gasteiger partial charge is 0.273 e. The summed E-state index contributed by atoms with van der Waals surface area (Å²) in [5.74, 6) is 0.367. The summed E-state index contributed by atoms with van der Waals surface area (Å²) < 4.78 is 0. The van der Waals surface area contributed by atoms with Crippen molar-refractivity contribution in [3.63, 3.8) is 0 Å². The van der Waals surface area contributed by atoms with Crippen LogP contribution in [0.3, 0.4) is 0 Å². The number of carbonyl (C=O) groups is 1. The number of aromatic amines is 1. The number of rotatable bonds is 4. The van der Waals surface area contributed by atoms with Gasteiger partial charge in [-0.3, -0.25) is 9.89 Å². The molecule has 0 aliphatic rings. The Labute approximate surface area is 106 Å². The zero-order valence-electron chi connectivity index (χ0n) is 10.6. The molecule has 1 amide bonds. The fraction of sp³-hybridized carbons (Fsp3) is 0.286. The van der Waals surface area contributed by atoms with Crippen LogP contribution in [-0.2, 0) is 0 Å². The standard InChI is InChI=1S/C14H17N3O/c1-3-10(2)11-4-6-12(7-5-11)16-14(18)13-8-9-15-17-13/h4-10H,3H2,1-2H3,(H,15,17)(H,16,18). The fourth-order valence-electron chi connectivity index (χ4n) is 1.71. The summed E-state index contributed by atoms with van der Waals surface area (Å²) in [6, 6.07) is 9.60. The second-order valence-electron chi connectivity index (χ2n) is 4.36. The van der Waals surface area contributed by atoms with Gasteiger partial charge in [0.15, 0.2) is 0 Å². The zero-order valence-corrected chi connectivity index (χ0v) is 10.6. The van der Waals surface area contributed by atoms with Crippen LogP contribution in [0.4, 0.5) is 5.69 Å². The minimum absolute atomic E-state index is 0.177. The summed E-state index contributed by atoms with van der Waals surface area (Å²) in [6.07, 6.45) is 2.67. The van der Waals surface area contributed by atoms with Gasteiger partial charge in [0.2, 0.25) is 0 Å². The average Bonchev–Trinajstić information content (AvgIpc) is 2.92. The van der Waals surface area contributed by atoms with Gasteiger partial charge in [-0.25, -0.2) is 0 Å². The molecular formula is C14H17N3O. The van der Waals surface area contributed by atoms with E-state index in [9.17, 15) is 4.79 Å². The monoisotopic (exact) mass is 243 g/mol. The molecule has 0 saturated carbocycles. The highest BCUT2D eigenvalue weighted by Crippen LogP contribution is 2.20. The molecule has 2 rings (SSSR count). The van der Waals surface area contributed by atoms with Crippen molar-refractivity contribution >= 4 is 11.6 Å². The van der Waals surface area contributed by atoms with Gasteiger partial charge in [0, 0.05) is 11.9 Å². The quantitative estimate of drug-likeness (QED) is 0.866. The Balaban J connectivity index is 2.04. The normalized spacial score (nSPS) is 12.1. The molecule has 4 heteroatoms. The van der Waals surface area contributed by atoms with Crippen molar-refractivity contribution in [2.75, 3.05) is 5.32 Å². The molecule has 1 unspecified atom stereocenters. The Kier molecular flexibility index (Phi) is 3.77. The highest BCUT2D eigenvalue weighted by molar-refractivity contribution is 6.02. The van der Waals surface area contributed by atoms with E-state index in [-0.39, 0.29) is 5.91 Å². The van der Waals surface area contributed by atoms with Crippen molar-refractivity contribution in [2.24, 2.45) is 0 Å². The average molecular weight is 243 g/mol. The maximum Gasteiger partial charge on any atom is 0.273 e. The van der Waals surface area contributed by atoms with Crippen LogP contribution >= 0.6 is 0 Å². The molecule has 18 heavy (non-hydrogen) atoms. The molecule has 0 bridgehead atoms. The topological polar surface area (TPSA) is 57.8 Å². The van der Waals surface area contributed by atoms with Crippen LogP contribution in [0.25, 0.3) is 0 Å². The van der Waals surface area contributed by atoms with Crippen molar-refractivity contribution in [3.05, 3.63) is 47.8 Å². The van der Waals surface area contributed by atoms with Crippen LogP contribution in [0.1, 0.15) is 42.2 Å². The number of carbonyl (C=O) groups excluding carboxylic acids is 1. The molecule has 2 aromatic rings. The lowest BCUT2D eigenvalue weighted by Crippen LogP contribution is -2.12. The maximum atomic E-state index is 11.8. The third-order valence-corrected chi connectivity index (χ3v) is 3.10. The lowest BCUT2D eigenvalue weighted by Gasteiger charge is -2.10. The van der Waals surface area contributed by atoms with Crippen LogP contribution in [0.5, 0.6) is 0 Å². The Hall–Kier alpha value is -2.10. The minimum Gasteiger partial charge on any atom is -0.321 e. The first-order chi connectivity index (χ1) is 8.70. The highest BCUT2D eigenvalue weighted by Gasteiger charge is 2.07. The van der Waals surface area contributed by atoms with Gasteiger partial charge in [-0.1, -0.05) is 26.0 Å². The zero-order chi connectivity index (χ0) is 13.0. The van der Waals surface area contributed by atoms with E-state index in [1.165, 1.54) is 5.56 Å². The van der Waals surface area contributed by atoms with Crippen LogP contribution in [0.15, 0.2) is 36.5 Å². The van der Waals surface area contributed by atoms with Gasteiger partial charge in [0.05, 0.1) is 0 Å². The third kappa shape index (κ3) is 2.77. The first-order valence-electron chi connectivity index (χ1n) is 6.11. The predicted molar refractivity (Wildman–Crippen MR) is 71.7 cm³/mol. The lowest BCUT2D eigenvalue weighted by atomic mass is 9.99. The van der Waals surface area contributed by atoms with Gasteiger partial charge in [-0.05, 0) is 36.1 Å². The Morgan fingerprint density at radius 2 is 2.06 bits per heavy atom. The van der Waals surface area contributed by atoms with Crippen LogP contribution < -0.4 is 5.32 Å². The molecule has 0 aliphatic heterocycles. The number of nitrogens with zero attached hydrogens (tertiary/aromatic N) is 1. The summed E-state index contributed by atoms with van der Waals surface area (Å²) >= 11 is 0. The molecule has 0 radical (unpaired) electrons. The Morgan fingerprint density at radius 3 is 2.61 bits per heavy atom. The molecular weight excluding hydrogens is 226 g/mol. The maximum absolute atomic E-state index is 11.8. The van der Waals surface area contributed by atoms with E-state index in [0.29, 0.717) is 11.6 Å². The predicted octanol–water partition coefficient (Wildman–Crippen LogP) is 3.18. The van der Waals surface area contributed by atoms with Crippen LogP contribution in [-0.4, -0.2) is 16.1 Å². The Morgan fingerprint density at radius 1 is 1.33 bits per heavy atom. The summed E-state index contributed by atoms with van der Waals surface area (Å²) in [4.78, 5) is 11.8. The number of benzene rings is 1. The molecule has 2 N–H and O–H groups in total. The van der Waals surface area contributed by atoms with E-state index in [1.807, 2.05) is 12.1 Å². The number of amides is 1. The number of anilines is 1. The minimum atomic E-state index is -0.177. The Bertz CT molecular complexity index is 502. The molecule has 1 aromatic heterocycles. The van der Waals surface area contributed by atoms with E-state index in [2.05, 4.69) is 41.5 Å². The van der Waals surface area contributed by atoms with Gasteiger partial charge in [-0.2, -0.15) is 5.10 Å². The summed E-state index contributed by atoms with van der Waals surface area (Å²) in [5, 5.41) is 9.20. The van der Waals surface area contributed by atoms with E-state index in [0.717, 1.165) is 12.1 Å². The van der Waals surface area contributed by atoms with E-state index >= 15 is 0 Å². The molecule has 4 nitrogen and oxygen atoms in total. The number of hydrogen-bond acceptors (Lipinski definition) is 2. The molecule has 0 aliphatic carbocycles. The van der Waals surface area contributed by atoms with Crippen LogP contribution in [0.2, 0.25) is 0 Å². The highest BCUT2D eigenvalue weighted by atomic mass is 16.1. The van der Waals surface area contributed by atoms with Gasteiger partial charge in [0.1, 0.15) is 5.69 Å². The van der Waals surface area contributed by atoms with Gasteiger partial charge in [-0.15, -0.1) is 0 Å². The van der Waals surface area contributed by atoms with E-state index in [1.54, 1.807) is 12.3 Å². The van der Waals surface area contributed by atoms with Crippen molar-refractivity contribution < 1.29 is 4.79 Å². The molecule has 0 fully saturated rings. The molecule has 1 heterocycles. The second-order valence-corrected chi connectivity index (χ2v) is 4.36. The van der Waals surface area contributed by atoms with Crippen molar-refractivity contribution in [1.82, 2.24) is 10.2 Å². The van der Waals surface area contributed by atoms with Gasteiger partial charge >= 0.3 is 0 Å². The molecule has 94 valence electrons. The number of nitrogens with one attached hydrogen (secondary N) is 2. The third-order valence-electron chi connectivity index (χ3n) is 3.10. The summed E-state index contributed by atoms with van der Waals surface area (Å²) in [5.41, 5.74) is 2.54. The lowest BCUT2D eigenvalue weighted by molar-refractivity contribution is 0.102. The van der Waals surface area contributed by atoms with Gasteiger partial charge in [0.25, 0.3) is 5.91 Å². The second kappa shape index (κ2) is 5.49. The summed E-state index contributed by atoms with van der Waals surface area (Å²) in [6.45, 7) is 4.36. The van der Waals surface area contributed by atoms with Crippen molar-refractivity contribution in [1.29, 1.82) is 0 Å². The molecule has 0 saturated heterocycles. The number of H-pyrrole nitrogens is 1. The van der Waals surface area contributed by atoms with Crippen molar-refractivity contribution in [3.8, 4) is 0 Å². The molecule has 1 atom stereocenters. The van der Waals surface area contributed by atoms with E-state index < -0.39 is 0 Å². The first-order valence-corrected chi connectivity index (χ1v) is 6.11. The first kappa shape index (κ1) is 12.4. The largest absolute Gasteiger partial charge is 0.321 e. The molecule has 1 aromatic carbocycles. The van der Waals surface area contributed by atoms with Crippen LogP contribution in [0, 0.1) is 0 Å².